The lowest BCUT2D eigenvalue weighted by Gasteiger charge is -2.31. The maximum absolute atomic E-state index is 14.2. The quantitative estimate of drug-likeness (QED) is 0.345. The number of amides is 2. The second-order valence-corrected chi connectivity index (χ2v) is 10.5. The fraction of sp³-hybridized carbons (Fsp3) is 0.258. The first kappa shape index (κ1) is 28.4. The number of nitrogens with one attached hydrogen (secondary N) is 1. The fourth-order valence-electron chi connectivity index (χ4n) is 4.38. The Morgan fingerprint density at radius 1 is 0.950 bits per heavy atom. The predicted molar refractivity (Wildman–Crippen MR) is 152 cm³/mol. The summed E-state index contributed by atoms with van der Waals surface area (Å²) in [6.45, 7) is 6.09. The summed E-state index contributed by atoms with van der Waals surface area (Å²) >= 11 is 0. The van der Waals surface area contributed by atoms with Gasteiger partial charge in [0.2, 0.25) is 11.4 Å². The minimum absolute atomic E-state index is 0.305. The van der Waals surface area contributed by atoms with Crippen molar-refractivity contribution in [3.05, 3.63) is 102 Å². The number of ketones is 2. The summed E-state index contributed by atoms with van der Waals surface area (Å²) in [7, 11) is 0. The molecule has 0 fully saturated rings. The molecule has 1 unspecified atom stereocenters. The number of benzene rings is 3. The number of fused-ring (bicyclic) bond motifs is 1. The molecule has 0 spiro atoms. The molecule has 3 N–H and O–H groups in total. The second kappa shape index (κ2) is 11.2. The van der Waals surface area contributed by atoms with Crippen LogP contribution in [-0.2, 0) is 14.3 Å². The monoisotopic (exact) mass is 540 g/mol. The fourth-order valence-corrected chi connectivity index (χ4v) is 4.38. The number of nitrogens with zero attached hydrogens (tertiary/aromatic N) is 2. The average molecular weight is 541 g/mol. The van der Waals surface area contributed by atoms with Crippen LogP contribution in [0.2, 0.25) is 0 Å². The number of carbonyl (C=O) groups is 4. The minimum Gasteiger partial charge on any atom is -0.444 e. The number of alkyl carbamates (subject to hydrolysis) is 1. The van der Waals surface area contributed by atoms with Crippen molar-refractivity contribution in [2.45, 2.75) is 45.0 Å². The van der Waals surface area contributed by atoms with Gasteiger partial charge in [-0.2, -0.15) is 0 Å². The van der Waals surface area contributed by atoms with Gasteiger partial charge in [0.1, 0.15) is 5.60 Å². The summed E-state index contributed by atoms with van der Waals surface area (Å²) in [4.78, 5) is 59.6. The van der Waals surface area contributed by atoms with E-state index in [1.807, 2.05) is 6.07 Å². The molecule has 0 saturated heterocycles. The normalized spacial score (nSPS) is 17.7. The molecular formula is C31H32N4O5. The molecule has 0 aliphatic carbocycles. The van der Waals surface area contributed by atoms with Crippen LogP contribution in [0.5, 0.6) is 0 Å². The molecule has 9 nitrogen and oxygen atoms in total. The predicted octanol–water partition coefficient (Wildman–Crippen LogP) is 3.89. The zero-order valence-corrected chi connectivity index (χ0v) is 22.9. The van der Waals surface area contributed by atoms with Crippen LogP contribution in [0, 0.1) is 0 Å². The molecule has 9 heteroatoms. The summed E-state index contributed by atoms with van der Waals surface area (Å²) in [5, 5.41) is 2.46. The van der Waals surface area contributed by atoms with E-state index < -0.39 is 35.1 Å². The maximum atomic E-state index is 14.2. The Labute approximate surface area is 233 Å². The number of hydrogen-bond acceptors (Lipinski definition) is 7. The summed E-state index contributed by atoms with van der Waals surface area (Å²) in [6, 6.07) is 23.3. The van der Waals surface area contributed by atoms with Gasteiger partial charge in [-0.05, 0) is 33.8 Å². The van der Waals surface area contributed by atoms with E-state index >= 15 is 0 Å². The van der Waals surface area contributed by atoms with Gasteiger partial charge in [0, 0.05) is 16.7 Å². The first-order chi connectivity index (χ1) is 18.9. The number of aliphatic imine (C=N–C) groups is 1. The highest BCUT2D eigenvalue weighted by Gasteiger charge is 2.50. The Morgan fingerprint density at radius 2 is 1.52 bits per heavy atom. The van der Waals surface area contributed by atoms with Crippen molar-refractivity contribution in [3.63, 3.8) is 0 Å². The standard InChI is InChI=1S/C31H32N4O5/c1-20(33-29(39)40-30(2,3)4)27(37)31(32)28(38)35(19-25(36)21-13-7-5-8-14-21)24-18-12-11-17-23(24)26(34-31)22-15-9-6-10-16-22/h5-18,20H,19,32H2,1-4H3,(H,33,39)/t20-,31?/m0/s1. The van der Waals surface area contributed by atoms with Crippen molar-refractivity contribution in [3.8, 4) is 0 Å². The van der Waals surface area contributed by atoms with Crippen LogP contribution in [0.25, 0.3) is 0 Å². The number of ether oxygens (including phenoxy) is 1. The number of nitrogens with two attached hydrogens (primary N) is 1. The van der Waals surface area contributed by atoms with Gasteiger partial charge in [-0.15, -0.1) is 0 Å². The van der Waals surface area contributed by atoms with Gasteiger partial charge in [-0.1, -0.05) is 78.9 Å². The number of Topliss-reactive ketones (excluding diaryl/α,β-unsaturated/α-hetero) is 2. The Kier molecular flexibility index (Phi) is 7.97. The molecule has 1 aliphatic rings. The van der Waals surface area contributed by atoms with Crippen LogP contribution >= 0.6 is 0 Å². The Hall–Kier alpha value is -4.63. The summed E-state index contributed by atoms with van der Waals surface area (Å²) in [6.07, 6.45) is -0.843. The topological polar surface area (TPSA) is 131 Å². The Morgan fingerprint density at radius 3 is 2.15 bits per heavy atom. The maximum Gasteiger partial charge on any atom is 0.408 e. The van der Waals surface area contributed by atoms with Crippen molar-refractivity contribution in [1.82, 2.24) is 5.32 Å². The molecule has 1 aliphatic heterocycles. The molecular weight excluding hydrogens is 508 g/mol. The number of benzodiazepines with no additional fused rings is 1. The van der Waals surface area contributed by atoms with E-state index in [1.54, 1.807) is 99.6 Å². The number of anilines is 1. The van der Waals surface area contributed by atoms with E-state index in [-0.39, 0.29) is 12.3 Å². The molecule has 0 aromatic heterocycles. The van der Waals surface area contributed by atoms with E-state index in [9.17, 15) is 19.2 Å². The number of rotatable bonds is 7. The molecule has 0 saturated carbocycles. The van der Waals surface area contributed by atoms with E-state index in [4.69, 9.17) is 10.5 Å². The highest BCUT2D eigenvalue weighted by atomic mass is 16.6. The smallest absolute Gasteiger partial charge is 0.408 e. The van der Waals surface area contributed by atoms with Crippen LogP contribution in [-0.4, -0.2) is 53.1 Å². The van der Waals surface area contributed by atoms with Gasteiger partial charge < -0.3 is 15.0 Å². The van der Waals surface area contributed by atoms with Crippen LogP contribution in [0.3, 0.4) is 0 Å². The molecule has 1 heterocycles. The van der Waals surface area contributed by atoms with E-state index in [0.717, 1.165) is 0 Å². The third-order valence-corrected chi connectivity index (χ3v) is 6.26. The third kappa shape index (κ3) is 6.00. The first-order valence-electron chi connectivity index (χ1n) is 12.9. The minimum atomic E-state index is -2.46. The SMILES string of the molecule is C[C@H](NC(=O)OC(C)(C)C)C(=O)C1(N)N=C(c2ccccc2)c2ccccc2N(CC(=O)c2ccccc2)C1=O. The van der Waals surface area contributed by atoms with Crippen molar-refractivity contribution in [2.24, 2.45) is 10.7 Å². The third-order valence-electron chi connectivity index (χ3n) is 6.26. The molecule has 3 aromatic rings. The number of hydrogen-bond donors (Lipinski definition) is 2. The lowest BCUT2D eigenvalue weighted by atomic mass is 9.97. The number of carbonyl (C=O) groups excluding carboxylic acids is 4. The van der Waals surface area contributed by atoms with E-state index in [2.05, 4.69) is 10.3 Å². The van der Waals surface area contributed by atoms with Crippen LogP contribution in [0.15, 0.2) is 89.9 Å². The van der Waals surface area contributed by atoms with Gasteiger partial charge in [0.15, 0.2) is 5.78 Å². The largest absolute Gasteiger partial charge is 0.444 e. The van der Waals surface area contributed by atoms with Gasteiger partial charge in [-0.3, -0.25) is 20.1 Å². The summed E-state index contributed by atoms with van der Waals surface area (Å²) in [5.74, 6) is -2.10. The van der Waals surface area contributed by atoms with Crippen LogP contribution in [0.1, 0.15) is 49.2 Å². The zero-order valence-electron chi connectivity index (χ0n) is 22.9. The Balaban J connectivity index is 1.82. The van der Waals surface area contributed by atoms with Gasteiger partial charge in [0.05, 0.1) is 24.0 Å². The van der Waals surface area contributed by atoms with Crippen molar-refractivity contribution >= 4 is 35.0 Å². The molecule has 2 atom stereocenters. The van der Waals surface area contributed by atoms with Crippen molar-refractivity contribution < 1.29 is 23.9 Å². The van der Waals surface area contributed by atoms with Crippen molar-refractivity contribution in [1.29, 1.82) is 0 Å². The molecule has 0 radical (unpaired) electrons. The zero-order chi connectivity index (χ0) is 29.1. The molecule has 206 valence electrons. The van der Waals surface area contributed by atoms with E-state index in [1.165, 1.54) is 11.8 Å². The van der Waals surface area contributed by atoms with Crippen LogP contribution < -0.4 is 16.0 Å². The highest BCUT2D eigenvalue weighted by Crippen LogP contribution is 2.32. The van der Waals surface area contributed by atoms with Gasteiger partial charge in [0.25, 0.3) is 5.91 Å². The van der Waals surface area contributed by atoms with Crippen LogP contribution in [0.4, 0.5) is 10.5 Å². The highest BCUT2D eigenvalue weighted by molar-refractivity contribution is 6.27. The first-order valence-corrected chi connectivity index (χ1v) is 12.9. The average Bonchev–Trinajstić information content (AvgIpc) is 3.02. The molecule has 40 heavy (non-hydrogen) atoms. The molecule has 4 rings (SSSR count). The second-order valence-electron chi connectivity index (χ2n) is 10.5. The molecule has 2 amide bonds. The molecule has 0 bridgehead atoms. The van der Waals surface area contributed by atoms with E-state index in [0.29, 0.717) is 28.1 Å². The van der Waals surface area contributed by atoms with Crippen molar-refractivity contribution in [2.75, 3.05) is 11.4 Å². The molecule has 3 aromatic carbocycles. The lowest BCUT2D eigenvalue weighted by Crippen LogP contribution is -2.64. The number of para-hydroxylation sites is 1. The van der Waals surface area contributed by atoms with Gasteiger partial charge >= 0.3 is 6.09 Å². The summed E-state index contributed by atoms with van der Waals surface area (Å²) in [5.41, 5.74) is 5.59. The van der Waals surface area contributed by atoms with Gasteiger partial charge in [-0.25, -0.2) is 9.79 Å². The summed E-state index contributed by atoms with van der Waals surface area (Å²) < 4.78 is 5.28. The Bertz CT molecular complexity index is 1460. The lowest BCUT2D eigenvalue weighted by molar-refractivity contribution is -0.135.